The first-order valence-corrected chi connectivity index (χ1v) is 5.55. The van der Waals surface area contributed by atoms with Crippen LogP contribution < -0.4 is 11.1 Å². The molecular weight excluding hydrogens is 232 g/mol. The number of nitrogens with two attached hydrogens (primary N) is 1. The van der Waals surface area contributed by atoms with E-state index in [9.17, 15) is 9.59 Å². The van der Waals surface area contributed by atoms with E-state index in [1.54, 1.807) is 32.9 Å². The molecule has 1 amide bonds. The summed E-state index contributed by atoms with van der Waals surface area (Å²) in [4.78, 5) is 23.2. The Morgan fingerprint density at radius 3 is 2.39 bits per heavy atom. The molecule has 0 heterocycles. The number of hydrogen-bond acceptors (Lipinski definition) is 4. The average Bonchev–Trinajstić information content (AvgIpc) is 2.29. The molecule has 0 aromatic heterocycles. The minimum atomic E-state index is -0.534. The number of hydrogen-bond donors (Lipinski definition) is 2. The lowest BCUT2D eigenvalue weighted by Crippen LogP contribution is -2.28. The number of nitrogens with one attached hydrogen (secondary N) is 1. The number of anilines is 2. The van der Waals surface area contributed by atoms with Crippen molar-refractivity contribution in [3.05, 3.63) is 23.8 Å². The SMILES string of the molecule is COC(=O)c1ccc(N)c(NC(=O)C(C)(C)C)c1. The van der Waals surface area contributed by atoms with Gasteiger partial charge in [-0.1, -0.05) is 20.8 Å². The molecule has 1 aromatic carbocycles. The van der Waals surface area contributed by atoms with Gasteiger partial charge in [-0.3, -0.25) is 4.79 Å². The largest absolute Gasteiger partial charge is 0.465 e. The molecule has 3 N–H and O–H groups in total. The zero-order valence-corrected chi connectivity index (χ0v) is 11.0. The van der Waals surface area contributed by atoms with Crippen molar-refractivity contribution < 1.29 is 14.3 Å². The number of carbonyl (C=O) groups is 2. The molecule has 5 heteroatoms. The zero-order chi connectivity index (χ0) is 13.9. The van der Waals surface area contributed by atoms with Crippen LogP contribution in [0.4, 0.5) is 11.4 Å². The van der Waals surface area contributed by atoms with Crippen LogP contribution in [0.15, 0.2) is 18.2 Å². The first-order valence-electron chi connectivity index (χ1n) is 5.55. The summed E-state index contributed by atoms with van der Waals surface area (Å²) >= 11 is 0. The van der Waals surface area contributed by atoms with Crippen LogP contribution in [-0.4, -0.2) is 19.0 Å². The molecule has 0 unspecified atom stereocenters. The standard InChI is InChI=1S/C13H18N2O3/c1-13(2,3)12(17)15-10-7-8(11(16)18-4)5-6-9(10)14/h5-7H,14H2,1-4H3,(H,15,17). The van der Waals surface area contributed by atoms with Gasteiger partial charge in [0.15, 0.2) is 0 Å². The van der Waals surface area contributed by atoms with Gasteiger partial charge < -0.3 is 15.8 Å². The van der Waals surface area contributed by atoms with Crippen molar-refractivity contribution in [1.29, 1.82) is 0 Å². The molecule has 0 saturated heterocycles. The summed E-state index contributed by atoms with van der Waals surface area (Å²) in [6, 6.07) is 4.61. The van der Waals surface area contributed by atoms with E-state index in [2.05, 4.69) is 10.1 Å². The summed E-state index contributed by atoms with van der Waals surface area (Å²) in [6.07, 6.45) is 0. The second-order valence-corrected chi connectivity index (χ2v) is 5.00. The van der Waals surface area contributed by atoms with Crippen LogP contribution in [0, 0.1) is 5.41 Å². The van der Waals surface area contributed by atoms with Crippen LogP contribution in [0.5, 0.6) is 0 Å². The van der Waals surface area contributed by atoms with Gasteiger partial charge in [0.05, 0.1) is 24.0 Å². The fourth-order valence-electron chi connectivity index (χ4n) is 1.22. The molecule has 0 saturated carbocycles. The maximum absolute atomic E-state index is 11.9. The van der Waals surface area contributed by atoms with Gasteiger partial charge in [0.1, 0.15) is 0 Å². The van der Waals surface area contributed by atoms with Crippen molar-refractivity contribution in [3.63, 3.8) is 0 Å². The van der Waals surface area contributed by atoms with Crippen LogP contribution in [0.25, 0.3) is 0 Å². The smallest absolute Gasteiger partial charge is 0.337 e. The monoisotopic (exact) mass is 250 g/mol. The maximum Gasteiger partial charge on any atom is 0.337 e. The minimum absolute atomic E-state index is 0.170. The van der Waals surface area contributed by atoms with Gasteiger partial charge in [-0.25, -0.2) is 4.79 Å². The summed E-state index contributed by atoms with van der Waals surface area (Å²) < 4.78 is 4.61. The number of nitrogen functional groups attached to an aromatic ring is 1. The predicted molar refractivity (Wildman–Crippen MR) is 70.3 cm³/mol. The summed E-state index contributed by atoms with van der Waals surface area (Å²) in [5.41, 5.74) is 6.38. The molecule has 0 aliphatic heterocycles. The van der Waals surface area contributed by atoms with Crippen LogP contribution in [0.3, 0.4) is 0 Å². The number of esters is 1. The molecule has 0 fully saturated rings. The van der Waals surface area contributed by atoms with E-state index in [4.69, 9.17) is 5.73 Å². The summed E-state index contributed by atoms with van der Waals surface area (Å²) in [6.45, 7) is 5.38. The number of methoxy groups -OCH3 is 1. The van der Waals surface area contributed by atoms with Crippen molar-refractivity contribution in [3.8, 4) is 0 Å². The average molecular weight is 250 g/mol. The maximum atomic E-state index is 11.9. The van der Waals surface area contributed by atoms with Gasteiger partial charge in [0, 0.05) is 5.41 Å². The van der Waals surface area contributed by atoms with Gasteiger partial charge in [-0.05, 0) is 18.2 Å². The lowest BCUT2D eigenvalue weighted by molar-refractivity contribution is -0.123. The highest BCUT2D eigenvalue weighted by atomic mass is 16.5. The lowest BCUT2D eigenvalue weighted by Gasteiger charge is -2.18. The Hall–Kier alpha value is -2.04. The number of amides is 1. The fourth-order valence-corrected chi connectivity index (χ4v) is 1.22. The normalized spacial score (nSPS) is 10.9. The van der Waals surface area contributed by atoms with Crippen molar-refractivity contribution >= 4 is 23.3 Å². The third-order valence-corrected chi connectivity index (χ3v) is 2.40. The first kappa shape index (κ1) is 14.0. The summed E-state index contributed by atoms with van der Waals surface area (Å²) in [5, 5.41) is 2.70. The van der Waals surface area contributed by atoms with Crippen LogP contribution >= 0.6 is 0 Å². The second kappa shape index (κ2) is 5.08. The second-order valence-electron chi connectivity index (χ2n) is 5.00. The number of benzene rings is 1. The van der Waals surface area contributed by atoms with E-state index < -0.39 is 11.4 Å². The highest BCUT2D eigenvalue weighted by Gasteiger charge is 2.22. The van der Waals surface area contributed by atoms with E-state index in [1.165, 1.54) is 13.2 Å². The van der Waals surface area contributed by atoms with Crippen molar-refractivity contribution in [2.24, 2.45) is 5.41 Å². The molecule has 98 valence electrons. The van der Waals surface area contributed by atoms with Crippen LogP contribution in [0.1, 0.15) is 31.1 Å². The van der Waals surface area contributed by atoms with Gasteiger partial charge in [0.2, 0.25) is 5.91 Å². The molecule has 0 aliphatic rings. The van der Waals surface area contributed by atoms with Crippen molar-refractivity contribution in [2.45, 2.75) is 20.8 Å². The van der Waals surface area contributed by atoms with Gasteiger partial charge in [-0.2, -0.15) is 0 Å². The summed E-state index contributed by atoms with van der Waals surface area (Å²) in [7, 11) is 1.30. The van der Waals surface area contributed by atoms with Crippen molar-refractivity contribution in [2.75, 3.05) is 18.2 Å². The number of rotatable bonds is 2. The Morgan fingerprint density at radius 1 is 1.28 bits per heavy atom. The Morgan fingerprint density at radius 2 is 1.89 bits per heavy atom. The van der Waals surface area contributed by atoms with Gasteiger partial charge in [0.25, 0.3) is 0 Å². The highest BCUT2D eigenvalue weighted by Crippen LogP contribution is 2.23. The predicted octanol–water partition coefficient (Wildman–Crippen LogP) is 2.04. The Kier molecular flexibility index (Phi) is 3.96. The van der Waals surface area contributed by atoms with E-state index in [0.29, 0.717) is 16.9 Å². The Balaban J connectivity index is 3.02. The van der Waals surface area contributed by atoms with Gasteiger partial charge >= 0.3 is 5.97 Å². The molecule has 1 aromatic rings. The zero-order valence-electron chi connectivity index (χ0n) is 11.0. The van der Waals surface area contributed by atoms with E-state index in [0.717, 1.165) is 0 Å². The molecule has 18 heavy (non-hydrogen) atoms. The van der Waals surface area contributed by atoms with E-state index in [1.807, 2.05) is 0 Å². The molecule has 0 aliphatic carbocycles. The summed E-state index contributed by atoms with van der Waals surface area (Å²) in [5.74, 6) is -0.641. The van der Waals surface area contributed by atoms with E-state index in [-0.39, 0.29) is 5.91 Å². The molecular formula is C13H18N2O3. The van der Waals surface area contributed by atoms with Crippen LogP contribution in [-0.2, 0) is 9.53 Å². The molecule has 0 spiro atoms. The lowest BCUT2D eigenvalue weighted by atomic mass is 9.95. The Labute approximate surface area is 106 Å². The third kappa shape index (κ3) is 3.23. The molecule has 5 nitrogen and oxygen atoms in total. The first-order chi connectivity index (χ1) is 8.25. The molecule has 1 rings (SSSR count). The topological polar surface area (TPSA) is 81.4 Å². The number of carbonyl (C=O) groups excluding carboxylic acids is 2. The third-order valence-electron chi connectivity index (χ3n) is 2.40. The molecule has 0 radical (unpaired) electrons. The van der Waals surface area contributed by atoms with Gasteiger partial charge in [-0.15, -0.1) is 0 Å². The molecule has 0 bridgehead atoms. The highest BCUT2D eigenvalue weighted by molar-refractivity contribution is 5.99. The van der Waals surface area contributed by atoms with E-state index >= 15 is 0 Å². The van der Waals surface area contributed by atoms with Crippen LogP contribution in [0.2, 0.25) is 0 Å². The Bertz CT molecular complexity index is 476. The molecule has 0 atom stereocenters. The quantitative estimate of drug-likeness (QED) is 0.621. The number of ether oxygens (including phenoxy) is 1. The minimum Gasteiger partial charge on any atom is -0.465 e. The fraction of sp³-hybridized carbons (Fsp3) is 0.385. The van der Waals surface area contributed by atoms with Crippen molar-refractivity contribution in [1.82, 2.24) is 0 Å².